The van der Waals surface area contributed by atoms with E-state index in [1.165, 1.54) is 0 Å². The predicted molar refractivity (Wildman–Crippen MR) is 58.7 cm³/mol. The first-order valence-electron chi connectivity index (χ1n) is 4.56. The largest absolute Gasteiger partial charge is 0.383 e. The van der Waals surface area contributed by atoms with Crippen LogP contribution in [0.25, 0.3) is 0 Å². The van der Waals surface area contributed by atoms with Crippen molar-refractivity contribution in [1.82, 2.24) is 19.6 Å². The summed E-state index contributed by atoms with van der Waals surface area (Å²) in [5.41, 5.74) is 6.83. The van der Waals surface area contributed by atoms with E-state index in [0.29, 0.717) is 10.8 Å². The molecule has 1 atom stereocenters. The van der Waals surface area contributed by atoms with Gasteiger partial charge < -0.3 is 5.73 Å². The first-order chi connectivity index (χ1) is 7.09. The normalized spacial score (nSPS) is 13.0. The first kappa shape index (κ1) is 10.0. The van der Waals surface area contributed by atoms with Gasteiger partial charge in [0.1, 0.15) is 10.8 Å². The van der Waals surface area contributed by atoms with Gasteiger partial charge in [-0.3, -0.25) is 4.68 Å². The molecule has 0 aliphatic carbocycles. The van der Waals surface area contributed by atoms with Crippen LogP contribution in [0.5, 0.6) is 0 Å². The van der Waals surface area contributed by atoms with Crippen molar-refractivity contribution in [2.45, 2.75) is 13.0 Å². The van der Waals surface area contributed by atoms with Crippen LogP contribution in [-0.2, 0) is 7.05 Å². The van der Waals surface area contributed by atoms with Crippen LogP contribution < -0.4 is 5.73 Å². The summed E-state index contributed by atoms with van der Waals surface area (Å²) in [5, 5.41) is 8.70. The van der Waals surface area contributed by atoms with Crippen LogP contribution in [0.2, 0.25) is 5.02 Å². The van der Waals surface area contributed by atoms with Gasteiger partial charge in [-0.1, -0.05) is 11.6 Å². The summed E-state index contributed by atoms with van der Waals surface area (Å²) in [6.07, 6.45) is 5.27. The Morgan fingerprint density at radius 3 is 2.60 bits per heavy atom. The molecule has 6 heteroatoms. The summed E-state index contributed by atoms with van der Waals surface area (Å²) in [7, 11) is 1.87. The summed E-state index contributed by atoms with van der Waals surface area (Å²) in [6, 6.07) is 0.0335. The molecule has 2 rings (SSSR count). The van der Waals surface area contributed by atoms with Gasteiger partial charge in [-0.25, -0.2) is 4.68 Å². The maximum Gasteiger partial charge on any atom is 0.141 e. The minimum absolute atomic E-state index is 0.0335. The molecule has 0 aliphatic heterocycles. The molecule has 2 aromatic heterocycles. The van der Waals surface area contributed by atoms with E-state index in [-0.39, 0.29) is 6.04 Å². The van der Waals surface area contributed by atoms with Crippen LogP contribution in [0.4, 0.5) is 5.82 Å². The van der Waals surface area contributed by atoms with Crippen molar-refractivity contribution in [2.75, 3.05) is 5.73 Å². The molecule has 0 aromatic carbocycles. The zero-order chi connectivity index (χ0) is 11.0. The molecule has 0 saturated heterocycles. The van der Waals surface area contributed by atoms with Crippen LogP contribution >= 0.6 is 11.6 Å². The minimum atomic E-state index is 0.0335. The van der Waals surface area contributed by atoms with Gasteiger partial charge in [0.05, 0.1) is 18.4 Å². The highest BCUT2D eigenvalue weighted by atomic mass is 35.5. The summed E-state index contributed by atoms with van der Waals surface area (Å²) in [4.78, 5) is 0. The van der Waals surface area contributed by atoms with Crippen molar-refractivity contribution in [2.24, 2.45) is 7.05 Å². The zero-order valence-corrected chi connectivity index (χ0v) is 9.31. The molecular formula is C9H12ClN5. The van der Waals surface area contributed by atoms with Gasteiger partial charge in [-0.2, -0.15) is 10.2 Å². The summed E-state index contributed by atoms with van der Waals surface area (Å²) >= 11 is 5.84. The molecule has 5 nitrogen and oxygen atoms in total. The number of rotatable bonds is 2. The lowest BCUT2D eigenvalue weighted by molar-refractivity contribution is 0.572. The third kappa shape index (κ3) is 1.70. The molecule has 2 N–H and O–H groups in total. The Morgan fingerprint density at radius 2 is 2.13 bits per heavy atom. The molecule has 80 valence electrons. The van der Waals surface area contributed by atoms with E-state index >= 15 is 0 Å². The number of nitrogens with zero attached hydrogens (tertiary/aromatic N) is 4. The third-order valence-corrected chi connectivity index (χ3v) is 2.65. The molecule has 0 amide bonds. The Kier molecular flexibility index (Phi) is 2.40. The Bertz CT molecular complexity index is 473. The van der Waals surface area contributed by atoms with Crippen LogP contribution in [0, 0.1) is 0 Å². The lowest BCUT2D eigenvalue weighted by Crippen LogP contribution is -2.10. The number of nitrogen functional groups attached to an aromatic ring is 1. The van der Waals surface area contributed by atoms with E-state index in [4.69, 9.17) is 17.3 Å². The SMILES string of the molecule is CC(c1cnn(C)c1)n1ncc(Cl)c1N. The second kappa shape index (κ2) is 3.58. The first-order valence-corrected chi connectivity index (χ1v) is 4.94. The average Bonchev–Trinajstić information content (AvgIpc) is 2.75. The molecule has 0 spiro atoms. The third-order valence-electron chi connectivity index (χ3n) is 2.36. The van der Waals surface area contributed by atoms with Crippen molar-refractivity contribution < 1.29 is 0 Å². The Labute approximate surface area is 92.4 Å². The van der Waals surface area contributed by atoms with Crippen molar-refractivity contribution in [3.05, 3.63) is 29.2 Å². The van der Waals surface area contributed by atoms with Crippen LogP contribution in [-0.4, -0.2) is 19.6 Å². The zero-order valence-electron chi connectivity index (χ0n) is 8.55. The number of anilines is 1. The van der Waals surface area contributed by atoms with Gasteiger partial charge in [0.2, 0.25) is 0 Å². The van der Waals surface area contributed by atoms with Gasteiger partial charge >= 0.3 is 0 Å². The molecule has 0 saturated carbocycles. The standard InChI is InChI=1S/C9H12ClN5/c1-6(7-3-12-14(2)5-7)15-9(11)8(10)4-13-15/h3-6H,11H2,1-2H3. The van der Waals surface area contributed by atoms with Gasteiger partial charge in [0.25, 0.3) is 0 Å². The number of aromatic nitrogens is 4. The van der Waals surface area contributed by atoms with Crippen molar-refractivity contribution in [1.29, 1.82) is 0 Å². The van der Waals surface area contributed by atoms with Gasteiger partial charge in [-0.05, 0) is 6.92 Å². The second-order valence-corrected chi connectivity index (χ2v) is 3.85. The molecule has 2 heterocycles. The highest BCUT2D eigenvalue weighted by molar-refractivity contribution is 6.32. The molecular weight excluding hydrogens is 214 g/mol. The highest BCUT2D eigenvalue weighted by Gasteiger charge is 2.14. The number of aryl methyl sites for hydroxylation is 1. The lowest BCUT2D eigenvalue weighted by Gasteiger charge is -2.11. The number of hydrogen-bond acceptors (Lipinski definition) is 3. The molecule has 0 bridgehead atoms. The van der Waals surface area contributed by atoms with Crippen LogP contribution in [0.3, 0.4) is 0 Å². The quantitative estimate of drug-likeness (QED) is 0.842. The fourth-order valence-corrected chi connectivity index (χ4v) is 1.59. The highest BCUT2D eigenvalue weighted by Crippen LogP contribution is 2.24. The maximum atomic E-state index is 5.84. The van der Waals surface area contributed by atoms with Gasteiger partial charge in [-0.15, -0.1) is 0 Å². The van der Waals surface area contributed by atoms with E-state index in [0.717, 1.165) is 5.56 Å². The van der Waals surface area contributed by atoms with E-state index < -0.39 is 0 Å². The number of halogens is 1. The topological polar surface area (TPSA) is 61.7 Å². The Balaban J connectivity index is 2.36. The van der Waals surface area contributed by atoms with E-state index in [1.807, 2.05) is 20.2 Å². The van der Waals surface area contributed by atoms with Gasteiger partial charge in [0.15, 0.2) is 0 Å². The fourth-order valence-electron chi connectivity index (χ4n) is 1.46. The Morgan fingerprint density at radius 1 is 1.40 bits per heavy atom. The van der Waals surface area contributed by atoms with E-state index in [2.05, 4.69) is 10.2 Å². The molecule has 15 heavy (non-hydrogen) atoms. The molecule has 0 fully saturated rings. The molecule has 0 radical (unpaired) electrons. The molecule has 1 unspecified atom stereocenters. The molecule has 2 aromatic rings. The van der Waals surface area contributed by atoms with Gasteiger partial charge in [0, 0.05) is 18.8 Å². The monoisotopic (exact) mass is 225 g/mol. The van der Waals surface area contributed by atoms with Crippen LogP contribution in [0.1, 0.15) is 18.5 Å². The van der Waals surface area contributed by atoms with Crippen molar-refractivity contribution in [3.63, 3.8) is 0 Å². The summed E-state index contributed by atoms with van der Waals surface area (Å²) < 4.78 is 3.42. The second-order valence-electron chi connectivity index (χ2n) is 3.45. The van der Waals surface area contributed by atoms with E-state index in [9.17, 15) is 0 Å². The summed E-state index contributed by atoms with van der Waals surface area (Å²) in [6.45, 7) is 2.00. The Hall–Kier alpha value is -1.49. The average molecular weight is 226 g/mol. The van der Waals surface area contributed by atoms with Crippen molar-refractivity contribution >= 4 is 17.4 Å². The molecule has 0 aliphatic rings. The summed E-state index contributed by atoms with van der Waals surface area (Å²) in [5.74, 6) is 0.480. The lowest BCUT2D eigenvalue weighted by atomic mass is 10.2. The predicted octanol–water partition coefficient (Wildman–Crippen LogP) is 1.46. The van der Waals surface area contributed by atoms with Crippen LogP contribution in [0.15, 0.2) is 18.6 Å². The fraction of sp³-hybridized carbons (Fsp3) is 0.333. The van der Waals surface area contributed by atoms with Crippen molar-refractivity contribution in [3.8, 4) is 0 Å². The minimum Gasteiger partial charge on any atom is -0.383 e. The van der Waals surface area contributed by atoms with E-state index in [1.54, 1.807) is 21.8 Å². The smallest absolute Gasteiger partial charge is 0.141 e. The number of nitrogens with two attached hydrogens (primary N) is 1. The number of hydrogen-bond donors (Lipinski definition) is 1. The maximum absolute atomic E-state index is 5.84.